The zero-order valence-corrected chi connectivity index (χ0v) is 15.4. The average Bonchev–Trinajstić information content (AvgIpc) is 2.75. The number of para-hydroxylation sites is 1. The molecule has 1 atom stereocenters. The minimum absolute atomic E-state index is 0.108. The quantitative estimate of drug-likeness (QED) is 0.829. The van der Waals surface area contributed by atoms with Crippen molar-refractivity contribution in [3.8, 4) is 11.6 Å². The minimum atomic E-state index is 0.108. The summed E-state index contributed by atoms with van der Waals surface area (Å²) in [5, 5.41) is 0. The molecule has 4 rings (SSSR count). The first kappa shape index (κ1) is 17.9. The monoisotopic (exact) mass is 367 g/mol. The lowest BCUT2D eigenvalue weighted by Gasteiger charge is -2.35. The first-order chi connectivity index (χ1) is 13.3. The van der Waals surface area contributed by atoms with Gasteiger partial charge in [-0.15, -0.1) is 0 Å². The highest BCUT2D eigenvalue weighted by atomic mass is 16.5. The van der Waals surface area contributed by atoms with E-state index < -0.39 is 0 Å². The van der Waals surface area contributed by atoms with Gasteiger partial charge in [0.25, 0.3) is 0 Å². The van der Waals surface area contributed by atoms with Crippen molar-refractivity contribution in [2.75, 3.05) is 26.3 Å². The molecule has 0 aliphatic carbocycles. The van der Waals surface area contributed by atoms with Crippen LogP contribution in [0.15, 0.2) is 42.7 Å². The largest absolute Gasteiger partial charge is 0.437 e. The van der Waals surface area contributed by atoms with E-state index in [1.165, 1.54) is 0 Å². The molecule has 2 aliphatic rings. The zero-order chi connectivity index (χ0) is 18.5. The molecular weight excluding hydrogens is 342 g/mol. The summed E-state index contributed by atoms with van der Waals surface area (Å²) in [7, 11) is 0. The number of ether oxygens (including phenoxy) is 2. The van der Waals surface area contributed by atoms with E-state index in [4.69, 9.17) is 9.47 Å². The number of rotatable bonds is 4. The normalized spacial score (nSPS) is 21.0. The van der Waals surface area contributed by atoms with E-state index in [-0.39, 0.29) is 17.7 Å². The van der Waals surface area contributed by atoms with Crippen LogP contribution in [-0.4, -0.2) is 47.1 Å². The molecular formula is C21H25N3O3. The second kappa shape index (κ2) is 8.48. The fourth-order valence-electron chi connectivity index (χ4n) is 3.84. The van der Waals surface area contributed by atoms with Crippen LogP contribution in [0.25, 0.3) is 0 Å². The number of benzene rings is 1. The number of nitrogens with zero attached hydrogens (tertiary/aromatic N) is 3. The van der Waals surface area contributed by atoms with E-state index >= 15 is 0 Å². The van der Waals surface area contributed by atoms with Gasteiger partial charge in [-0.25, -0.2) is 4.98 Å². The van der Waals surface area contributed by atoms with Gasteiger partial charge in [0.2, 0.25) is 11.8 Å². The number of likely N-dealkylation sites (tertiary alicyclic amines) is 1. The van der Waals surface area contributed by atoms with E-state index in [1.807, 2.05) is 35.2 Å². The van der Waals surface area contributed by atoms with Crippen molar-refractivity contribution in [2.24, 2.45) is 5.92 Å². The number of aromatic nitrogens is 2. The van der Waals surface area contributed by atoms with Crippen LogP contribution in [-0.2, 0) is 9.53 Å². The third kappa shape index (κ3) is 4.45. The first-order valence-corrected chi connectivity index (χ1v) is 9.71. The topological polar surface area (TPSA) is 64.5 Å². The maximum Gasteiger partial charge on any atom is 0.238 e. The standard InChI is InChI=1S/C21H25N3O3/c25-21(16-8-11-26-12-9-16)24-10-4-5-17(15-24)19-13-22-14-20(23-19)27-18-6-2-1-3-7-18/h1-3,6-7,13-14,16-17H,4-5,8-12,15H2/t17-/m0/s1. The number of hydrogen-bond donors (Lipinski definition) is 0. The molecule has 2 aromatic rings. The van der Waals surface area contributed by atoms with Gasteiger partial charge in [0.05, 0.1) is 11.9 Å². The van der Waals surface area contributed by atoms with Gasteiger partial charge in [-0.3, -0.25) is 9.78 Å². The smallest absolute Gasteiger partial charge is 0.238 e. The van der Waals surface area contributed by atoms with Crippen LogP contribution in [0, 0.1) is 5.92 Å². The minimum Gasteiger partial charge on any atom is -0.437 e. The fraction of sp³-hybridized carbons (Fsp3) is 0.476. The summed E-state index contributed by atoms with van der Waals surface area (Å²) in [5.74, 6) is 1.81. The van der Waals surface area contributed by atoms with Gasteiger partial charge in [0.1, 0.15) is 5.75 Å². The Hall–Kier alpha value is -2.47. The molecule has 2 saturated heterocycles. The first-order valence-electron chi connectivity index (χ1n) is 9.71. The lowest BCUT2D eigenvalue weighted by Crippen LogP contribution is -2.43. The van der Waals surface area contributed by atoms with Gasteiger partial charge in [-0.1, -0.05) is 18.2 Å². The maximum absolute atomic E-state index is 12.8. The summed E-state index contributed by atoms with van der Waals surface area (Å²) in [6, 6.07) is 9.58. The molecule has 2 fully saturated rings. The summed E-state index contributed by atoms with van der Waals surface area (Å²) in [6.45, 7) is 2.93. The highest BCUT2D eigenvalue weighted by Crippen LogP contribution is 2.29. The molecule has 3 heterocycles. The Bertz CT molecular complexity index is 762. The SMILES string of the molecule is O=C(C1CCOCC1)N1CCC[C@H](c2cncc(Oc3ccccc3)n2)C1. The van der Waals surface area contributed by atoms with Crippen LogP contribution >= 0.6 is 0 Å². The predicted octanol–water partition coefficient (Wildman–Crippen LogP) is 3.40. The highest BCUT2D eigenvalue weighted by molar-refractivity contribution is 5.79. The lowest BCUT2D eigenvalue weighted by molar-refractivity contribution is -0.139. The molecule has 0 unspecified atom stereocenters. The molecule has 0 spiro atoms. The second-order valence-corrected chi connectivity index (χ2v) is 7.21. The number of hydrogen-bond acceptors (Lipinski definition) is 5. The van der Waals surface area contributed by atoms with E-state index in [0.717, 1.165) is 43.7 Å². The Morgan fingerprint density at radius 3 is 2.74 bits per heavy atom. The van der Waals surface area contributed by atoms with Crippen LogP contribution in [0.2, 0.25) is 0 Å². The molecule has 6 nitrogen and oxygen atoms in total. The number of carbonyl (C=O) groups excluding carboxylic acids is 1. The van der Waals surface area contributed by atoms with Crippen molar-refractivity contribution < 1.29 is 14.3 Å². The van der Waals surface area contributed by atoms with Gasteiger partial charge in [0, 0.05) is 44.3 Å². The summed E-state index contributed by atoms with van der Waals surface area (Å²) >= 11 is 0. The van der Waals surface area contributed by atoms with Crippen molar-refractivity contribution in [3.05, 3.63) is 48.4 Å². The summed E-state index contributed by atoms with van der Waals surface area (Å²) in [5.41, 5.74) is 0.896. The molecule has 1 aromatic carbocycles. The Morgan fingerprint density at radius 1 is 1.11 bits per heavy atom. The molecule has 1 aromatic heterocycles. The Balaban J connectivity index is 1.43. The molecule has 0 bridgehead atoms. The number of piperidine rings is 1. The van der Waals surface area contributed by atoms with E-state index in [9.17, 15) is 4.79 Å². The Kier molecular flexibility index (Phi) is 5.63. The van der Waals surface area contributed by atoms with E-state index in [2.05, 4.69) is 9.97 Å². The van der Waals surface area contributed by atoms with Gasteiger partial charge >= 0.3 is 0 Å². The Morgan fingerprint density at radius 2 is 1.93 bits per heavy atom. The van der Waals surface area contributed by atoms with Crippen molar-refractivity contribution in [1.29, 1.82) is 0 Å². The summed E-state index contributed by atoms with van der Waals surface area (Å²) in [4.78, 5) is 23.8. The van der Waals surface area contributed by atoms with Crippen LogP contribution in [0.5, 0.6) is 11.6 Å². The van der Waals surface area contributed by atoms with Crippen molar-refractivity contribution in [3.63, 3.8) is 0 Å². The van der Waals surface area contributed by atoms with Gasteiger partial charge in [-0.2, -0.15) is 0 Å². The average molecular weight is 367 g/mol. The van der Waals surface area contributed by atoms with E-state index in [0.29, 0.717) is 25.6 Å². The lowest BCUT2D eigenvalue weighted by atomic mass is 9.92. The van der Waals surface area contributed by atoms with Crippen LogP contribution in [0.4, 0.5) is 0 Å². The van der Waals surface area contributed by atoms with Crippen molar-refractivity contribution >= 4 is 5.91 Å². The third-order valence-corrected chi connectivity index (χ3v) is 5.32. The van der Waals surface area contributed by atoms with Gasteiger partial charge in [-0.05, 0) is 37.8 Å². The number of amides is 1. The summed E-state index contributed by atoms with van der Waals surface area (Å²) < 4.78 is 11.2. The van der Waals surface area contributed by atoms with E-state index in [1.54, 1.807) is 12.4 Å². The Labute approximate surface area is 159 Å². The van der Waals surface area contributed by atoms with Gasteiger partial charge < -0.3 is 14.4 Å². The molecule has 1 amide bonds. The van der Waals surface area contributed by atoms with Crippen molar-refractivity contribution in [1.82, 2.24) is 14.9 Å². The molecule has 0 radical (unpaired) electrons. The second-order valence-electron chi connectivity index (χ2n) is 7.21. The molecule has 27 heavy (non-hydrogen) atoms. The predicted molar refractivity (Wildman–Crippen MR) is 101 cm³/mol. The molecule has 0 N–H and O–H groups in total. The molecule has 2 aliphatic heterocycles. The molecule has 142 valence electrons. The van der Waals surface area contributed by atoms with Gasteiger partial charge in [0.15, 0.2) is 0 Å². The number of carbonyl (C=O) groups is 1. The maximum atomic E-state index is 12.8. The van der Waals surface area contributed by atoms with Crippen LogP contribution in [0.1, 0.15) is 37.3 Å². The fourth-order valence-corrected chi connectivity index (χ4v) is 3.84. The summed E-state index contributed by atoms with van der Waals surface area (Å²) in [6.07, 6.45) is 7.10. The van der Waals surface area contributed by atoms with Crippen molar-refractivity contribution in [2.45, 2.75) is 31.6 Å². The van der Waals surface area contributed by atoms with Crippen LogP contribution in [0.3, 0.4) is 0 Å². The molecule has 0 saturated carbocycles. The third-order valence-electron chi connectivity index (χ3n) is 5.32. The zero-order valence-electron chi connectivity index (χ0n) is 15.4. The molecule has 6 heteroatoms. The highest BCUT2D eigenvalue weighted by Gasteiger charge is 2.31. The van der Waals surface area contributed by atoms with Crippen LogP contribution < -0.4 is 4.74 Å².